The van der Waals surface area contributed by atoms with Crippen molar-refractivity contribution >= 4 is 30.9 Å². The van der Waals surface area contributed by atoms with E-state index in [-0.39, 0.29) is 0 Å². The molecule has 0 amide bonds. The first-order chi connectivity index (χ1) is 12.1. The van der Waals surface area contributed by atoms with Crippen molar-refractivity contribution in [3.8, 4) is 0 Å². The third-order valence-electron chi connectivity index (χ3n) is 3.63. The van der Waals surface area contributed by atoms with Gasteiger partial charge >= 0.3 is 5.97 Å². The van der Waals surface area contributed by atoms with Gasteiger partial charge in [0.1, 0.15) is 18.3 Å². The van der Waals surface area contributed by atoms with Crippen LogP contribution in [-0.2, 0) is 32.3 Å². The second kappa shape index (κ2) is 9.16. The Labute approximate surface area is 167 Å². The second-order valence-electron chi connectivity index (χ2n) is 9.77. The van der Waals surface area contributed by atoms with Crippen molar-refractivity contribution in [2.45, 2.75) is 89.6 Å². The van der Waals surface area contributed by atoms with Crippen molar-refractivity contribution in [2.75, 3.05) is 14.2 Å². The number of hydrogen-bond acceptors (Lipinski definition) is 7. The Bertz CT molecular complexity index is 496. The van der Waals surface area contributed by atoms with Crippen LogP contribution in [0, 0.1) is 0 Å². The minimum Gasteiger partial charge on any atom is -0.467 e. The van der Waals surface area contributed by atoms with Crippen molar-refractivity contribution in [1.29, 1.82) is 0 Å². The van der Waals surface area contributed by atoms with E-state index in [1.54, 1.807) is 7.11 Å². The van der Waals surface area contributed by atoms with E-state index >= 15 is 0 Å². The van der Waals surface area contributed by atoms with E-state index in [1.807, 2.05) is 0 Å². The molecule has 1 rings (SSSR count). The quantitative estimate of drug-likeness (QED) is 0.425. The van der Waals surface area contributed by atoms with Gasteiger partial charge in [-0.2, -0.15) is 0 Å². The maximum absolute atomic E-state index is 12.5. The lowest BCUT2D eigenvalue weighted by Crippen LogP contribution is -2.66. The normalized spacial score (nSPS) is 30.3. The van der Waals surface area contributed by atoms with Crippen LogP contribution in [-0.4, -0.2) is 75.8 Å². The molecule has 0 N–H and O–H groups in total. The smallest absolute Gasteiger partial charge is 0.337 e. The van der Waals surface area contributed by atoms with Crippen LogP contribution in [0.1, 0.15) is 0 Å². The molecule has 1 fully saturated rings. The van der Waals surface area contributed by atoms with Gasteiger partial charge in [-0.1, -0.05) is 0 Å². The predicted molar refractivity (Wildman–Crippen MR) is 112 cm³/mol. The largest absolute Gasteiger partial charge is 0.467 e. The first kappa shape index (κ1) is 25.0. The molecular formula is C17H38O7Si3. The molecule has 0 radical (unpaired) electrons. The Morgan fingerprint density at radius 2 is 1.11 bits per heavy atom. The number of ether oxygens (including phenoxy) is 3. The first-order valence-corrected chi connectivity index (χ1v) is 19.6. The maximum atomic E-state index is 12.5. The summed E-state index contributed by atoms with van der Waals surface area (Å²) in [6.07, 6.45) is -3.21. The van der Waals surface area contributed by atoms with Crippen LogP contribution < -0.4 is 0 Å². The highest BCUT2D eigenvalue weighted by Crippen LogP contribution is 2.34. The third-order valence-corrected chi connectivity index (χ3v) is 6.57. The number of esters is 1. The molecule has 1 aliphatic rings. The second-order valence-corrected chi connectivity index (χ2v) is 23.1. The minimum absolute atomic E-state index is 0.474. The molecular weight excluding hydrogens is 400 g/mol. The lowest BCUT2D eigenvalue weighted by molar-refractivity contribution is -0.278. The lowest BCUT2D eigenvalue weighted by Gasteiger charge is -2.49. The summed E-state index contributed by atoms with van der Waals surface area (Å²) in [6, 6.07) is 0. The Morgan fingerprint density at radius 3 is 1.48 bits per heavy atom. The summed E-state index contributed by atoms with van der Waals surface area (Å²) in [6.45, 7) is 18.8. The molecule has 1 saturated heterocycles. The van der Waals surface area contributed by atoms with E-state index in [0.717, 1.165) is 0 Å². The summed E-state index contributed by atoms with van der Waals surface area (Å²) >= 11 is 0. The van der Waals surface area contributed by atoms with E-state index in [0.29, 0.717) is 0 Å². The maximum Gasteiger partial charge on any atom is 0.337 e. The highest BCUT2D eigenvalue weighted by Gasteiger charge is 2.54. The van der Waals surface area contributed by atoms with E-state index < -0.39 is 61.6 Å². The van der Waals surface area contributed by atoms with Crippen LogP contribution in [0.3, 0.4) is 0 Å². The van der Waals surface area contributed by atoms with Gasteiger partial charge in [0.15, 0.2) is 37.3 Å². The van der Waals surface area contributed by atoms with Crippen LogP contribution in [0.25, 0.3) is 0 Å². The summed E-state index contributed by atoms with van der Waals surface area (Å²) in [5.41, 5.74) is 0. The van der Waals surface area contributed by atoms with Gasteiger partial charge in [-0.25, -0.2) is 4.79 Å². The molecule has 1 heterocycles. The molecule has 27 heavy (non-hydrogen) atoms. The molecule has 10 heteroatoms. The van der Waals surface area contributed by atoms with Gasteiger partial charge in [0.25, 0.3) is 0 Å². The van der Waals surface area contributed by atoms with Crippen LogP contribution in [0.5, 0.6) is 0 Å². The van der Waals surface area contributed by atoms with E-state index in [2.05, 4.69) is 58.9 Å². The number of carbonyl (C=O) groups excluding carboxylic acids is 1. The zero-order valence-electron chi connectivity index (χ0n) is 18.7. The van der Waals surface area contributed by atoms with Crippen molar-refractivity contribution in [1.82, 2.24) is 0 Å². The van der Waals surface area contributed by atoms with E-state index in [9.17, 15) is 4.79 Å². The first-order valence-electron chi connectivity index (χ1n) is 9.37. The van der Waals surface area contributed by atoms with Gasteiger partial charge in [0.05, 0.1) is 7.11 Å². The number of carbonyl (C=O) groups is 1. The van der Waals surface area contributed by atoms with Crippen molar-refractivity contribution in [3.05, 3.63) is 0 Å². The Balaban J connectivity index is 3.41. The van der Waals surface area contributed by atoms with Crippen LogP contribution in [0.4, 0.5) is 0 Å². The standard InChI is InChI=1S/C17H38O7Si3/c1-19-16(18)14-12(22-25(3,4)5)13(23-26(6,7)8)15(17(20-2)21-14)24-27(9,10)11/h12-15,17H,1-11H3/t12-,13+,14+,15-,17+/m1/s1. The molecule has 0 aromatic rings. The molecule has 7 nitrogen and oxygen atoms in total. The zero-order chi connectivity index (χ0) is 21.2. The Kier molecular flexibility index (Phi) is 8.47. The Morgan fingerprint density at radius 1 is 0.704 bits per heavy atom. The fourth-order valence-electron chi connectivity index (χ4n) is 2.92. The molecule has 5 atom stereocenters. The average Bonchev–Trinajstić information content (AvgIpc) is 2.46. The summed E-state index contributed by atoms with van der Waals surface area (Å²) in [5, 5.41) is 0. The summed E-state index contributed by atoms with van der Waals surface area (Å²) in [7, 11) is -3.07. The van der Waals surface area contributed by atoms with Gasteiger partial charge < -0.3 is 27.5 Å². The van der Waals surface area contributed by atoms with Crippen LogP contribution in [0.2, 0.25) is 58.9 Å². The average molecular weight is 439 g/mol. The van der Waals surface area contributed by atoms with Crippen molar-refractivity contribution in [2.24, 2.45) is 0 Å². The van der Waals surface area contributed by atoms with Crippen LogP contribution >= 0.6 is 0 Å². The molecule has 1 aliphatic heterocycles. The van der Waals surface area contributed by atoms with Gasteiger partial charge in [-0.3, -0.25) is 0 Å². The van der Waals surface area contributed by atoms with Crippen molar-refractivity contribution < 1.29 is 32.3 Å². The van der Waals surface area contributed by atoms with Gasteiger partial charge in [0, 0.05) is 7.11 Å². The molecule has 0 aromatic heterocycles. The Hall–Kier alpha value is -0.0794. The molecule has 0 aliphatic carbocycles. The molecule has 0 aromatic carbocycles. The zero-order valence-corrected chi connectivity index (χ0v) is 21.7. The monoisotopic (exact) mass is 438 g/mol. The van der Waals surface area contributed by atoms with Crippen LogP contribution in [0.15, 0.2) is 0 Å². The number of hydrogen-bond donors (Lipinski definition) is 0. The SMILES string of the molecule is COC(=O)[C@H]1O[C@H](OC)[C@H](O[Si](C)(C)C)[C@@H](O[Si](C)(C)C)[C@H]1O[Si](C)(C)C. The molecule has 0 saturated carbocycles. The summed E-state index contributed by atoms with van der Waals surface area (Å²) < 4.78 is 35.9. The van der Waals surface area contributed by atoms with E-state index in [1.165, 1.54) is 7.11 Å². The van der Waals surface area contributed by atoms with Gasteiger partial charge in [0.2, 0.25) is 0 Å². The highest BCUT2D eigenvalue weighted by molar-refractivity contribution is 6.70. The number of rotatable bonds is 8. The minimum atomic E-state index is -2.02. The van der Waals surface area contributed by atoms with Gasteiger partial charge in [-0.05, 0) is 58.9 Å². The highest BCUT2D eigenvalue weighted by atomic mass is 28.4. The molecule has 0 spiro atoms. The molecule has 0 bridgehead atoms. The number of methoxy groups -OCH3 is 2. The summed E-state index contributed by atoms with van der Waals surface area (Å²) in [5.74, 6) is -0.490. The lowest BCUT2D eigenvalue weighted by atomic mass is 9.99. The molecule has 160 valence electrons. The third kappa shape index (κ3) is 8.05. The summed E-state index contributed by atoms with van der Waals surface area (Å²) in [4.78, 5) is 12.5. The molecule has 0 unspecified atom stereocenters. The topological polar surface area (TPSA) is 72.5 Å². The van der Waals surface area contributed by atoms with Crippen molar-refractivity contribution in [3.63, 3.8) is 0 Å². The fraction of sp³-hybridized carbons (Fsp3) is 0.941. The fourth-order valence-corrected chi connectivity index (χ4v) is 6.14. The predicted octanol–water partition coefficient (Wildman–Crippen LogP) is 3.19. The van der Waals surface area contributed by atoms with Gasteiger partial charge in [-0.15, -0.1) is 0 Å². The van der Waals surface area contributed by atoms with E-state index in [4.69, 9.17) is 27.5 Å².